The van der Waals surface area contributed by atoms with E-state index >= 15 is 4.39 Å². The Morgan fingerprint density at radius 1 is 1.00 bits per heavy atom. The Labute approximate surface area is 170 Å². The Balaban J connectivity index is 1.29. The molecule has 1 aliphatic carbocycles. The normalized spacial score (nSPS) is 17.0. The Morgan fingerprint density at radius 3 is 2.59 bits per heavy atom. The van der Waals surface area contributed by atoms with E-state index in [2.05, 4.69) is 20.0 Å². The van der Waals surface area contributed by atoms with Crippen LogP contribution in [0.3, 0.4) is 0 Å². The minimum absolute atomic E-state index is 0.336. The fourth-order valence-electron chi connectivity index (χ4n) is 4.49. The highest BCUT2D eigenvalue weighted by molar-refractivity contribution is 5.63. The van der Waals surface area contributed by atoms with Crippen molar-refractivity contribution in [2.24, 2.45) is 7.05 Å². The fraction of sp³-hybridized carbons (Fsp3) is 0.409. The summed E-state index contributed by atoms with van der Waals surface area (Å²) in [5.74, 6) is 0.0662. The molecule has 0 saturated carbocycles. The highest BCUT2D eigenvalue weighted by Crippen LogP contribution is 2.28. The van der Waals surface area contributed by atoms with Gasteiger partial charge in [0.05, 0.1) is 11.4 Å². The van der Waals surface area contributed by atoms with E-state index in [9.17, 15) is 0 Å². The van der Waals surface area contributed by atoms with Gasteiger partial charge in [-0.2, -0.15) is 5.10 Å². The monoisotopic (exact) mass is 392 g/mol. The number of nitrogens with zero attached hydrogens (tertiary/aromatic N) is 6. The van der Waals surface area contributed by atoms with E-state index in [0.29, 0.717) is 11.5 Å². The van der Waals surface area contributed by atoms with Crippen molar-refractivity contribution in [1.82, 2.24) is 24.6 Å². The molecule has 0 amide bonds. The van der Waals surface area contributed by atoms with Gasteiger partial charge in [-0.15, -0.1) is 0 Å². The van der Waals surface area contributed by atoms with Crippen molar-refractivity contribution in [3.63, 3.8) is 0 Å². The molecule has 6 nitrogen and oxygen atoms in total. The molecule has 0 spiro atoms. The van der Waals surface area contributed by atoms with Gasteiger partial charge in [0.15, 0.2) is 11.6 Å². The van der Waals surface area contributed by atoms with Crippen molar-refractivity contribution >= 4 is 5.82 Å². The molecule has 1 fully saturated rings. The number of aromatic nitrogens is 4. The third-order valence-electron chi connectivity index (χ3n) is 6.06. The maximum atomic E-state index is 15.2. The van der Waals surface area contributed by atoms with Gasteiger partial charge in [0, 0.05) is 45.3 Å². The molecule has 0 atom stereocenters. The topological polar surface area (TPSA) is 50.1 Å². The molecule has 0 radical (unpaired) electrons. The molecule has 3 aromatic rings. The number of aryl methyl sites for hydroxylation is 2. The van der Waals surface area contributed by atoms with Crippen LogP contribution in [0, 0.1) is 5.82 Å². The van der Waals surface area contributed by atoms with Gasteiger partial charge in [0.25, 0.3) is 0 Å². The van der Waals surface area contributed by atoms with E-state index < -0.39 is 0 Å². The molecule has 0 bridgehead atoms. The van der Waals surface area contributed by atoms with E-state index in [0.717, 1.165) is 51.1 Å². The number of rotatable bonds is 4. The summed E-state index contributed by atoms with van der Waals surface area (Å²) in [7, 11) is 2.05. The molecule has 3 heterocycles. The summed E-state index contributed by atoms with van der Waals surface area (Å²) < 4.78 is 17.2. The van der Waals surface area contributed by atoms with Crippen LogP contribution < -0.4 is 4.90 Å². The molecule has 1 saturated heterocycles. The van der Waals surface area contributed by atoms with Crippen LogP contribution in [0.2, 0.25) is 0 Å². The quantitative estimate of drug-likeness (QED) is 0.683. The van der Waals surface area contributed by atoms with Gasteiger partial charge in [-0.1, -0.05) is 30.3 Å². The number of piperazine rings is 1. The molecule has 0 unspecified atom stereocenters. The summed E-state index contributed by atoms with van der Waals surface area (Å²) >= 11 is 0. The second kappa shape index (κ2) is 7.55. The molecular formula is C22H25FN6. The lowest BCUT2D eigenvalue weighted by molar-refractivity contribution is 0.242. The molecule has 5 rings (SSSR count). The predicted octanol–water partition coefficient (Wildman–Crippen LogP) is 2.83. The number of hydrogen-bond donors (Lipinski definition) is 0. The van der Waals surface area contributed by atoms with Gasteiger partial charge in [-0.25, -0.2) is 14.4 Å². The third kappa shape index (κ3) is 3.40. The van der Waals surface area contributed by atoms with Crippen molar-refractivity contribution in [2.75, 3.05) is 31.1 Å². The smallest absolute Gasteiger partial charge is 0.191 e. The van der Waals surface area contributed by atoms with Crippen LogP contribution in [0.1, 0.15) is 23.4 Å². The molecule has 2 aliphatic rings. The van der Waals surface area contributed by atoms with Crippen LogP contribution in [0.25, 0.3) is 11.3 Å². The van der Waals surface area contributed by atoms with Crippen molar-refractivity contribution in [1.29, 1.82) is 0 Å². The van der Waals surface area contributed by atoms with Gasteiger partial charge in [-0.3, -0.25) is 9.58 Å². The van der Waals surface area contributed by atoms with Crippen LogP contribution >= 0.6 is 0 Å². The second-order valence-electron chi connectivity index (χ2n) is 7.84. The van der Waals surface area contributed by atoms with Crippen LogP contribution in [-0.4, -0.2) is 50.8 Å². The zero-order valence-corrected chi connectivity index (χ0v) is 16.7. The molecule has 150 valence electrons. The average Bonchev–Trinajstić information content (AvgIpc) is 3.32. The maximum absolute atomic E-state index is 15.2. The summed E-state index contributed by atoms with van der Waals surface area (Å²) in [6, 6.07) is 9.45. The minimum Gasteiger partial charge on any atom is -0.352 e. The van der Waals surface area contributed by atoms with Crippen molar-refractivity contribution < 1.29 is 4.39 Å². The van der Waals surface area contributed by atoms with Gasteiger partial charge >= 0.3 is 0 Å². The lowest BCUT2D eigenvalue weighted by Crippen LogP contribution is -2.46. The third-order valence-corrected chi connectivity index (χ3v) is 6.06. The van der Waals surface area contributed by atoms with Crippen LogP contribution in [0.4, 0.5) is 10.2 Å². The van der Waals surface area contributed by atoms with Gasteiger partial charge < -0.3 is 4.90 Å². The van der Waals surface area contributed by atoms with E-state index in [-0.39, 0.29) is 5.82 Å². The molecule has 1 aliphatic heterocycles. The summed E-state index contributed by atoms with van der Waals surface area (Å²) in [6.45, 7) is 4.17. The lowest BCUT2D eigenvalue weighted by atomic mass is 10.1. The summed E-state index contributed by atoms with van der Waals surface area (Å²) in [4.78, 5) is 12.9. The molecule has 0 N–H and O–H groups in total. The Hall–Kier alpha value is -2.80. The number of halogens is 1. The van der Waals surface area contributed by atoms with Crippen LogP contribution in [-0.2, 0) is 26.4 Å². The molecular weight excluding hydrogens is 367 g/mol. The van der Waals surface area contributed by atoms with Gasteiger partial charge in [0.2, 0.25) is 0 Å². The van der Waals surface area contributed by atoms with Crippen LogP contribution in [0.5, 0.6) is 0 Å². The second-order valence-corrected chi connectivity index (χ2v) is 7.84. The molecule has 7 heteroatoms. The maximum Gasteiger partial charge on any atom is 0.191 e. The first-order chi connectivity index (χ1) is 14.2. The van der Waals surface area contributed by atoms with E-state index in [1.54, 1.807) is 0 Å². The van der Waals surface area contributed by atoms with E-state index in [4.69, 9.17) is 0 Å². The standard InChI is InChI=1S/C22H25FN6/c1-27-19(17-8-5-9-18(17)26-27)14-28-10-12-29(13-11-28)22-20(23)21(24-15-25-22)16-6-3-2-4-7-16/h2-4,6-7,15H,5,8-14H2,1H3. The Kier molecular flexibility index (Phi) is 4.75. The van der Waals surface area contributed by atoms with E-state index in [1.165, 1.54) is 29.7 Å². The molecule has 1 aromatic carbocycles. The molecule has 2 aromatic heterocycles. The van der Waals surface area contributed by atoms with Gasteiger partial charge in [0.1, 0.15) is 12.0 Å². The number of benzene rings is 1. The number of anilines is 1. The predicted molar refractivity (Wildman–Crippen MR) is 110 cm³/mol. The first-order valence-electron chi connectivity index (χ1n) is 10.3. The van der Waals surface area contributed by atoms with Crippen molar-refractivity contribution in [3.8, 4) is 11.3 Å². The number of hydrogen-bond acceptors (Lipinski definition) is 5. The van der Waals surface area contributed by atoms with Crippen molar-refractivity contribution in [2.45, 2.75) is 25.8 Å². The van der Waals surface area contributed by atoms with E-state index in [1.807, 2.05) is 47.0 Å². The Morgan fingerprint density at radius 2 is 1.79 bits per heavy atom. The lowest BCUT2D eigenvalue weighted by Gasteiger charge is -2.35. The Bertz CT molecular complexity index is 1010. The average molecular weight is 392 g/mol. The summed E-state index contributed by atoms with van der Waals surface area (Å²) in [5.41, 5.74) is 5.20. The largest absolute Gasteiger partial charge is 0.352 e. The zero-order valence-electron chi connectivity index (χ0n) is 16.7. The minimum atomic E-state index is -0.336. The SMILES string of the molecule is Cn1nc2c(c1CN1CCN(c3ncnc(-c4ccccc4)c3F)CC1)CCC2. The highest BCUT2D eigenvalue weighted by Gasteiger charge is 2.26. The van der Waals surface area contributed by atoms with Crippen LogP contribution in [0.15, 0.2) is 36.7 Å². The molecule has 29 heavy (non-hydrogen) atoms. The highest BCUT2D eigenvalue weighted by atomic mass is 19.1. The van der Waals surface area contributed by atoms with Gasteiger partial charge in [-0.05, 0) is 24.8 Å². The summed E-state index contributed by atoms with van der Waals surface area (Å²) in [6.07, 6.45) is 4.93. The first-order valence-corrected chi connectivity index (χ1v) is 10.3. The first kappa shape index (κ1) is 18.2. The van der Waals surface area contributed by atoms with Crippen molar-refractivity contribution in [3.05, 3.63) is 59.4 Å². The number of fused-ring (bicyclic) bond motifs is 1. The summed E-state index contributed by atoms with van der Waals surface area (Å²) in [5, 5.41) is 4.68. The zero-order chi connectivity index (χ0) is 19.8. The fourth-order valence-corrected chi connectivity index (χ4v) is 4.49.